The highest BCUT2D eigenvalue weighted by Gasteiger charge is 2.48. The zero-order valence-corrected chi connectivity index (χ0v) is 20.8. The highest BCUT2D eigenvalue weighted by Crippen LogP contribution is 2.52. The van der Waals surface area contributed by atoms with E-state index in [-0.39, 0.29) is 47.1 Å². The third-order valence-corrected chi connectivity index (χ3v) is 7.13. The Bertz CT molecular complexity index is 1360. The highest BCUT2D eigenvalue weighted by molar-refractivity contribution is 6.34. The van der Waals surface area contributed by atoms with Crippen LogP contribution in [0, 0.1) is 11.6 Å². The molecule has 0 saturated carbocycles. The second-order valence-corrected chi connectivity index (χ2v) is 9.11. The summed E-state index contributed by atoms with van der Waals surface area (Å²) in [5.74, 6) is -3.36. The minimum atomic E-state index is -1.38. The molecule has 11 heteroatoms. The summed E-state index contributed by atoms with van der Waals surface area (Å²) >= 11 is 6.46. The lowest BCUT2D eigenvalue weighted by atomic mass is 9.83. The fourth-order valence-electron chi connectivity index (χ4n) is 5.28. The molecule has 2 aliphatic rings. The van der Waals surface area contributed by atoms with E-state index in [1.165, 1.54) is 18.2 Å². The smallest absolute Gasteiger partial charge is 0.336 e. The van der Waals surface area contributed by atoms with Crippen molar-refractivity contribution >= 4 is 29.7 Å². The number of benzene rings is 3. The summed E-state index contributed by atoms with van der Waals surface area (Å²) in [4.78, 5) is 22.6. The number of hydrogen-bond acceptors (Lipinski definition) is 6. The van der Waals surface area contributed by atoms with Crippen molar-refractivity contribution in [2.75, 3.05) is 37.7 Å². The number of carboxylic acids is 1. The molecule has 0 radical (unpaired) electrons. The Morgan fingerprint density at radius 3 is 2.55 bits per heavy atom. The van der Waals surface area contributed by atoms with E-state index in [1.54, 1.807) is 0 Å². The summed E-state index contributed by atoms with van der Waals surface area (Å²) < 4.78 is 36.3. The lowest BCUT2D eigenvalue weighted by molar-refractivity contribution is -0.122. The molecule has 0 aromatic heterocycles. The van der Waals surface area contributed by atoms with Gasteiger partial charge in [-0.05, 0) is 29.3 Å². The van der Waals surface area contributed by atoms with Crippen LogP contribution < -0.4 is 15.0 Å². The number of aromatic carboxylic acids is 1. The van der Waals surface area contributed by atoms with Gasteiger partial charge in [0.2, 0.25) is 0 Å². The fourth-order valence-corrected chi connectivity index (χ4v) is 5.55. The van der Waals surface area contributed by atoms with Gasteiger partial charge in [-0.15, -0.1) is 0 Å². The minimum absolute atomic E-state index is 0.00993. The summed E-state index contributed by atoms with van der Waals surface area (Å²) in [6.45, 7) is 1.03. The first kappa shape index (κ1) is 27.3. The fraction of sp³-hybridized carbons (Fsp3) is 0.259. The predicted octanol–water partition coefficient (Wildman–Crippen LogP) is 3.92. The Balaban J connectivity index is 0.00000107. The number of anilines is 1. The highest BCUT2D eigenvalue weighted by atomic mass is 35.5. The van der Waals surface area contributed by atoms with Crippen molar-refractivity contribution in [3.8, 4) is 16.9 Å². The Morgan fingerprint density at radius 2 is 1.89 bits per heavy atom. The molecule has 38 heavy (non-hydrogen) atoms. The van der Waals surface area contributed by atoms with Crippen LogP contribution in [0.15, 0.2) is 48.5 Å². The topological polar surface area (TPSA) is 119 Å². The number of carboxylic acid groups (broad SMARTS) is 2. The number of ether oxygens (including phenoxy) is 1. The second-order valence-electron chi connectivity index (χ2n) is 8.73. The van der Waals surface area contributed by atoms with Crippen molar-refractivity contribution in [2.24, 2.45) is 0 Å². The molecule has 8 nitrogen and oxygen atoms in total. The van der Waals surface area contributed by atoms with Gasteiger partial charge < -0.3 is 30.3 Å². The third kappa shape index (κ3) is 4.66. The first-order valence-corrected chi connectivity index (χ1v) is 12.1. The van der Waals surface area contributed by atoms with E-state index >= 15 is 8.78 Å². The summed E-state index contributed by atoms with van der Waals surface area (Å²) in [7, 11) is 0. The monoisotopic (exact) mass is 546 g/mol. The van der Waals surface area contributed by atoms with Crippen LogP contribution >= 0.6 is 11.6 Å². The van der Waals surface area contributed by atoms with Gasteiger partial charge in [-0.2, -0.15) is 0 Å². The molecule has 1 fully saturated rings. The van der Waals surface area contributed by atoms with Gasteiger partial charge in [-0.1, -0.05) is 41.9 Å². The molecule has 0 spiro atoms. The van der Waals surface area contributed by atoms with E-state index < -0.39 is 23.1 Å². The SMILES string of the molecule is O=C(O)c1ccc(OCCO)c(F)c1-c1c(Cl)c(F)cc2c1CC1(c3ccccc3)CNCCN21.O=CO. The van der Waals surface area contributed by atoms with Crippen LogP contribution in [-0.4, -0.2) is 60.6 Å². The number of nitrogens with one attached hydrogen (secondary N) is 1. The number of fused-ring (bicyclic) bond motifs is 3. The van der Waals surface area contributed by atoms with Gasteiger partial charge in [0.25, 0.3) is 6.47 Å². The van der Waals surface area contributed by atoms with Crippen LogP contribution in [0.3, 0.4) is 0 Å². The molecule has 2 heterocycles. The van der Waals surface area contributed by atoms with E-state index in [0.29, 0.717) is 37.3 Å². The zero-order chi connectivity index (χ0) is 27.4. The van der Waals surface area contributed by atoms with E-state index in [4.69, 9.17) is 31.3 Å². The molecular weight excluding hydrogens is 522 g/mol. The number of aliphatic hydroxyl groups excluding tert-OH is 1. The molecule has 1 unspecified atom stereocenters. The zero-order valence-electron chi connectivity index (χ0n) is 20.1. The average molecular weight is 547 g/mol. The Kier molecular flexibility index (Phi) is 8.15. The van der Waals surface area contributed by atoms with Gasteiger partial charge in [0, 0.05) is 42.9 Å². The van der Waals surface area contributed by atoms with Gasteiger partial charge >= 0.3 is 5.97 Å². The maximum atomic E-state index is 15.8. The minimum Gasteiger partial charge on any atom is -0.488 e. The van der Waals surface area contributed by atoms with Crippen molar-refractivity contribution < 1.29 is 38.4 Å². The molecule has 0 bridgehead atoms. The maximum Gasteiger partial charge on any atom is 0.336 e. The van der Waals surface area contributed by atoms with Crippen LogP contribution in [0.1, 0.15) is 21.5 Å². The van der Waals surface area contributed by atoms with Crippen molar-refractivity contribution in [3.63, 3.8) is 0 Å². The van der Waals surface area contributed by atoms with Gasteiger partial charge in [0.15, 0.2) is 11.6 Å². The van der Waals surface area contributed by atoms with Gasteiger partial charge in [0.05, 0.1) is 22.7 Å². The number of hydrogen-bond donors (Lipinski definition) is 4. The Hall–Kier alpha value is -3.73. The summed E-state index contributed by atoms with van der Waals surface area (Å²) in [5, 5.41) is 28.9. The number of halogens is 3. The molecule has 3 aromatic carbocycles. The largest absolute Gasteiger partial charge is 0.488 e. The van der Waals surface area contributed by atoms with Gasteiger partial charge in [-0.3, -0.25) is 4.79 Å². The molecule has 0 amide bonds. The van der Waals surface area contributed by atoms with Crippen LogP contribution in [0.2, 0.25) is 5.02 Å². The van der Waals surface area contributed by atoms with Crippen LogP contribution in [0.4, 0.5) is 14.5 Å². The van der Waals surface area contributed by atoms with Crippen molar-refractivity contribution in [2.45, 2.75) is 12.0 Å². The Morgan fingerprint density at radius 1 is 1.18 bits per heavy atom. The summed E-state index contributed by atoms with van der Waals surface area (Å²) in [5.41, 5.74) is 0.892. The molecule has 4 N–H and O–H groups in total. The first-order chi connectivity index (χ1) is 18.3. The molecule has 3 aromatic rings. The average Bonchev–Trinajstić information content (AvgIpc) is 3.25. The molecule has 1 atom stereocenters. The number of rotatable bonds is 6. The molecule has 2 aliphatic heterocycles. The normalized spacial score (nSPS) is 17.6. The van der Waals surface area contributed by atoms with E-state index in [9.17, 15) is 9.90 Å². The standard InChI is InChI=1S/C26H23ClF2N2O4.CH2O2/c27-23-18(28)12-19-17(13-26(14-30-8-9-31(19)26)15-4-2-1-3-5-15)21(23)22-16(25(33)34)6-7-20(24(22)29)35-11-10-32;2-1-3/h1-7,12,30,32H,8-11,13-14H2,(H,33,34);1H,(H,2,3). The molecule has 200 valence electrons. The Labute approximate surface area is 222 Å². The van der Waals surface area contributed by atoms with Crippen LogP contribution in [0.5, 0.6) is 5.75 Å². The van der Waals surface area contributed by atoms with Gasteiger partial charge in [-0.25, -0.2) is 13.6 Å². The number of aliphatic hydroxyl groups is 1. The third-order valence-electron chi connectivity index (χ3n) is 6.76. The lowest BCUT2D eigenvalue weighted by Crippen LogP contribution is -2.57. The van der Waals surface area contributed by atoms with Crippen molar-refractivity contribution in [3.05, 3.63) is 81.9 Å². The number of nitrogens with zero attached hydrogens (tertiary/aromatic N) is 1. The van der Waals surface area contributed by atoms with Crippen LogP contribution in [0.25, 0.3) is 11.1 Å². The number of piperazine rings is 1. The molecule has 5 rings (SSSR count). The lowest BCUT2D eigenvalue weighted by Gasteiger charge is -2.45. The van der Waals surface area contributed by atoms with Crippen molar-refractivity contribution in [1.29, 1.82) is 0 Å². The first-order valence-electron chi connectivity index (χ1n) is 11.7. The van der Waals surface area contributed by atoms with E-state index in [2.05, 4.69) is 10.2 Å². The van der Waals surface area contributed by atoms with E-state index in [1.807, 2.05) is 30.3 Å². The second kappa shape index (κ2) is 11.3. The molecule has 1 saturated heterocycles. The van der Waals surface area contributed by atoms with Crippen molar-refractivity contribution in [1.82, 2.24) is 5.32 Å². The van der Waals surface area contributed by atoms with Crippen LogP contribution in [-0.2, 0) is 16.8 Å². The predicted molar refractivity (Wildman–Crippen MR) is 137 cm³/mol. The summed E-state index contributed by atoms with van der Waals surface area (Å²) in [6.07, 6.45) is 0.370. The van der Waals surface area contributed by atoms with Gasteiger partial charge in [0.1, 0.15) is 12.4 Å². The molecule has 0 aliphatic carbocycles. The molecular formula is C27H25ClF2N2O6. The number of carbonyl (C=O) groups is 2. The maximum absolute atomic E-state index is 15.8. The summed E-state index contributed by atoms with van der Waals surface area (Å²) in [6, 6.07) is 13.5. The van der Waals surface area contributed by atoms with E-state index in [0.717, 1.165) is 5.56 Å². The quantitative estimate of drug-likeness (QED) is 0.344.